The van der Waals surface area contributed by atoms with Gasteiger partial charge in [0, 0.05) is 31.0 Å². The third-order valence-corrected chi connectivity index (χ3v) is 6.74. The normalized spacial score (nSPS) is 15.4. The van der Waals surface area contributed by atoms with Gasteiger partial charge in [-0.3, -0.25) is 14.6 Å². The zero-order chi connectivity index (χ0) is 23.5. The first-order valence-electron chi connectivity index (χ1n) is 11.0. The van der Waals surface area contributed by atoms with Crippen molar-refractivity contribution in [1.29, 1.82) is 0 Å². The van der Waals surface area contributed by atoms with Gasteiger partial charge in [-0.15, -0.1) is 11.3 Å². The summed E-state index contributed by atoms with van der Waals surface area (Å²) in [7, 11) is 0. The van der Waals surface area contributed by atoms with Gasteiger partial charge in [0.15, 0.2) is 0 Å². The Morgan fingerprint density at radius 1 is 1.12 bits per heavy atom. The maximum Gasteiger partial charge on any atom is 0.264 e. The SMILES string of the molecule is O=C(Cc1ccc(Oc2ccnc3cc(C(=O)N4CCC(O)C4)sc23)cc1)Nc1ccccc1. The molecule has 1 aliphatic rings. The summed E-state index contributed by atoms with van der Waals surface area (Å²) in [6.07, 6.45) is 2.06. The van der Waals surface area contributed by atoms with Crippen LogP contribution in [0.1, 0.15) is 21.7 Å². The molecule has 2 aromatic heterocycles. The third-order valence-electron chi connectivity index (χ3n) is 5.61. The van der Waals surface area contributed by atoms with Gasteiger partial charge in [-0.1, -0.05) is 30.3 Å². The molecule has 1 saturated heterocycles. The molecule has 2 amide bonds. The summed E-state index contributed by atoms with van der Waals surface area (Å²) >= 11 is 1.34. The van der Waals surface area contributed by atoms with Crippen molar-refractivity contribution in [1.82, 2.24) is 9.88 Å². The molecule has 0 saturated carbocycles. The smallest absolute Gasteiger partial charge is 0.264 e. The number of pyridine rings is 1. The number of benzene rings is 2. The van der Waals surface area contributed by atoms with Gasteiger partial charge >= 0.3 is 0 Å². The van der Waals surface area contributed by atoms with E-state index in [1.807, 2.05) is 54.6 Å². The van der Waals surface area contributed by atoms with Crippen LogP contribution in [0.4, 0.5) is 5.69 Å². The summed E-state index contributed by atoms with van der Waals surface area (Å²) in [6.45, 7) is 0.917. The first-order valence-corrected chi connectivity index (χ1v) is 11.8. The maximum atomic E-state index is 12.8. The summed E-state index contributed by atoms with van der Waals surface area (Å²) in [6, 6.07) is 20.3. The Hall–Kier alpha value is -3.75. The van der Waals surface area contributed by atoms with Gasteiger partial charge in [0.25, 0.3) is 5.91 Å². The van der Waals surface area contributed by atoms with Crippen LogP contribution >= 0.6 is 11.3 Å². The van der Waals surface area contributed by atoms with Gasteiger partial charge in [0.05, 0.1) is 27.6 Å². The fraction of sp³-hybridized carbons (Fsp3) is 0.192. The molecule has 2 N–H and O–H groups in total. The molecule has 0 bridgehead atoms. The topological polar surface area (TPSA) is 91.8 Å². The summed E-state index contributed by atoms with van der Waals surface area (Å²) in [4.78, 5) is 31.7. The van der Waals surface area contributed by atoms with Crippen molar-refractivity contribution in [2.24, 2.45) is 0 Å². The molecule has 5 rings (SSSR count). The lowest BCUT2D eigenvalue weighted by Gasteiger charge is -2.13. The molecule has 172 valence electrons. The van der Waals surface area contributed by atoms with Crippen LogP contribution in [-0.4, -0.2) is 46.0 Å². The molecule has 1 unspecified atom stereocenters. The molecule has 4 aromatic rings. The second-order valence-electron chi connectivity index (χ2n) is 8.16. The van der Waals surface area contributed by atoms with E-state index < -0.39 is 6.10 Å². The number of carbonyl (C=O) groups is 2. The second kappa shape index (κ2) is 9.62. The van der Waals surface area contributed by atoms with Crippen molar-refractivity contribution in [2.75, 3.05) is 18.4 Å². The minimum absolute atomic E-state index is 0.0861. The van der Waals surface area contributed by atoms with Crippen molar-refractivity contribution < 1.29 is 19.4 Å². The number of likely N-dealkylation sites (tertiary alicyclic amines) is 1. The van der Waals surface area contributed by atoms with E-state index in [9.17, 15) is 14.7 Å². The average Bonchev–Trinajstić information content (AvgIpc) is 3.47. The fourth-order valence-electron chi connectivity index (χ4n) is 3.90. The zero-order valence-electron chi connectivity index (χ0n) is 18.3. The predicted molar refractivity (Wildman–Crippen MR) is 131 cm³/mol. The number of aromatic nitrogens is 1. The van der Waals surface area contributed by atoms with Crippen molar-refractivity contribution in [3.8, 4) is 11.5 Å². The number of rotatable bonds is 6. The first kappa shape index (κ1) is 22.1. The number of aliphatic hydroxyl groups is 1. The lowest BCUT2D eigenvalue weighted by molar-refractivity contribution is -0.115. The van der Waals surface area contributed by atoms with Gasteiger partial charge in [0.2, 0.25) is 5.91 Å². The number of β-amino-alcohol motifs (C(OH)–C–C–N with tert-alkyl or cyclic N) is 1. The number of nitrogens with zero attached hydrogens (tertiary/aromatic N) is 2. The number of carbonyl (C=O) groups excluding carboxylic acids is 2. The van der Waals surface area contributed by atoms with Gasteiger partial charge in [-0.2, -0.15) is 0 Å². The van der Waals surface area contributed by atoms with Crippen LogP contribution in [0.5, 0.6) is 11.5 Å². The second-order valence-corrected chi connectivity index (χ2v) is 9.22. The van der Waals surface area contributed by atoms with E-state index in [0.29, 0.717) is 41.4 Å². The molecular weight excluding hydrogens is 450 g/mol. The Balaban J connectivity index is 1.27. The van der Waals surface area contributed by atoms with Crippen molar-refractivity contribution >= 4 is 39.1 Å². The van der Waals surface area contributed by atoms with Crippen molar-refractivity contribution in [3.63, 3.8) is 0 Å². The lowest BCUT2D eigenvalue weighted by atomic mass is 10.1. The Morgan fingerprint density at radius 3 is 2.65 bits per heavy atom. The summed E-state index contributed by atoms with van der Waals surface area (Å²) in [5.74, 6) is 1.06. The number of hydrogen-bond acceptors (Lipinski definition) is 6. The third kappa shape index (κ3) is 4.93. The van der Waals surface area contributed by atoms with Crippen LogP contribution in [0.15, 0.2) is 72.9 Å². The number of para-hydroxylation sites is 1. The summed E-state index contributed by atoms with van der Waals surface area (Å²) < 4.78 is 6.88. The largest absolute Gasteiger partial charge is 0.456 e. The van der Waals surface area contributed by atoms with Crippen molar-refractivity contribution in [2.45, 2.75) is 18.9 Å². The number of fused-ring (bicyclic) bond motifs is 1. The minimum Gasteiger partial charge on any atom is -0.456 e. The Kier molecular flexibility index (Phi) is 6.24. The van der Waals surface area contributed by atoms with E-state index in [1.165, 1.54) is 11.3 Å². The Morgan fingerprint density at radius 2 is 1.91 bits per heavy atom. The monoisotopic (exact) mass is 473 g/mol. The van der Waals surface area contributed by atoms with E-state index in [0.717, 1.165) is 16.0 Å². The number of amides is 2. The van der Waals surface area contributed by atoms with E-state index in [1.54, 1.807) is 23.2 Å². The van der Waals surface area contributed by atoms with Crippen molar-refractivity contribution in [3.05, 3.63) is 83.4 Å². The lowest BCUT2D eigenvalue weighted by Crippen LogP contribution is -2.28. The molecule has 1 aliphatic heterocycles. The van der Waals surface area contributed by atoms with Crippen LogP contribution in [-0.2, 0) is 11.2 Å². The number of ether oxygens (including phenoxy) is 1. The molecule has 1 atom stereocenters. The standard InChI is InChI=1S/C26H23N3O4S/c30-19-11-13-29(16-19)26(32)23-15-21-25(34-23)22(10-12-27-21)33-20-8-6-17(7-9-20)14-24(31)28-18-4-2-1-3-5-18/h1-10,12,15,19,30H,11,13-14,16H2,(H,28,31). The molecule has 0 spiro atoms. The number of aliphatic hydroxyl groups excluding tert-OH is 1. The molecule has 34 heavy (non-hydrogen) atoms. The highest BCUT2D eigenvalue weighted by Crippen LogP contribution is 2.35. The van der Waals surface area contributed by atoms with Gasteiger partial charge in [-0.25, -0.2) is 0 Å². The predicted octanol–water partition coefficient (Wildman–Crippen LogP) is 4.48. The highest BCUT2D eigenvalue weighted by Gasteiger charge is 2.27. The van der Waals surface area contributed by atoms with Gasteiger partial charge < -0.3 is 20.1 Å². The van der Waals surface area contributed by atoms with Crippen LogP contribution < -0.4 is 10.1 Å². The average molecular weight is 474 g/mol. The quantitative estimate of drug-likeness (QED) is 0.431. The molecule has 0 radical (unpaired) electrons. The number of anilines is 1. The van der Waals surface area contributed by atoms with E-state index >= 15 is 0 Å². The minimum atomic E-state index is -0.456. The van der Waals surface area contributed by atoms with Crippen LogP contribution in [0.25, 0.3) is 10.2 Å². The number of hydrogen-bond donors (Lipinski definition) is 2. The molecule has 2 aromatic carbocycles. The highest BCUT2D eigenvalue weighted by molar-refractivity contribution is 7.21. The van der Waals surface area contributed by atoms with Crippen LogP contribution in [0.3, 0.4) is 0 Å². The van der Waals surface area contributed by atoms with E-state index in [2.05, 4.69) is 10.3 Å². The molecule has 8 heteroatoms. The van der Waals surface area contributed by atoms with Crippen LogP contribution in [0.2, 0.25) is 0 Å². The maximum absolute atomic E-state index is 12.8. The highest BCUT2D eigenvalue weighted by atomic mass is 32.1. The Bertz CT molecular complexity index is 1320. The summed E-state index contributed by atoms with van der Waals surface area (Å²) in [5.41, 5.74) is 2.33. The van der Waals surface area contributed by atoms with Gasteiger partial charge in [0.1, 0.15) is 11.5 Å². The fourth-order valence-corrected chi connectivity index (χ4v) is 4.93. The molecule has 7 nitrogen and oxygen atoms in total. The molecule has 1 fully saturated rings. The van der Waals surface area contributed by atoms with E-state index in [4.69, 9.17) is 4.74 Å². The first-order chi connectivity index (χ1) is 16.5. The van der Waals surface area contributed by atoms with Gasteiger partial charge in [-0.05, 0) is 42.3 Å². The Labute approximate surface area is 200 Å². The molecule has 0 aliphatic carbocycles. The number of nitrogens with one attached hydrogen (secondary N) is 1. The molecule has 3 heterocycles. The summed E-state index contributed by atoms with van der Waals surface area (Å²) in [5, 5.41) is 12.6. The van der Waals surface area contributed by atoms with E-state index in [-0.39, 0.29) is 18.2 Å². The van der Waals surface area contributed by atoms with Crippen LogP contribution in [0, 0.1) is 0 Å². The molecular formula is C26H23N3O4S. The zero-order valence-corrected chi connectivity index (χ0v) is 19.1. The number of thiophene rings is 1.